The van der Waals surface area contributed by atoms with E-state index in [1.54, 1.807) is 0 Å². The van der Waals surface area contributed by atoms with Crippen LogP contribution in [0.1, 0.15) is 68.1 Å². The molecule has 47 heavy (non-hydrogen) atoms. The number of hydrogen-bond acceptors (Lipinski definition) is 5. The van der Waals surface area contributed by atoms with E-state index in [-0.39, 0.29) is 53.7 Å². The zero-order chi connectivity index (χ0) is 34.4. The predicted molar refractivity (Wildman–Crippen MR) is 157 cm³/mol. The van der Waals surface area contributed by atoms with Crippen LogP contribution in [0.4, 0.5) is 30.7 Å². The third-order valence-electron chi connectivity index (χ3n) is 11.2. The zero-order valence-electron chi connectivity index (χ0n) is 25.1. The molecule has 7 rings (SSSR count). The fourth-order valence-electron chi connectivity index (χ4n) is 8.63. The van der Waals surface area contributed by atoms with Crippen molar-refractivity contribution in [3.05, 3.63) is 63.6 Å². The lowest BCUT2D eigenvalue weighted by Gasteiger charge is -2.52. The molecule has 2 aromatic rings. The number of alkyl halides is 7. The number of carbonyl (C=O) groups is 2. The molecule has 2 atom stereocenters. The second-order valence-electron chi connectivity index (χ2n) is 13.2. The average molecular weight is 755 g/mol. The van der Waals surface area contributed by atoms with Crippen LogP contribution in [0, 0.1) is 10.8 Å². The van der Waals surface area contributed by atoms with E-state index in [0.29, 0.717) is 55.1 Å². The van der Waals surface area contributed by atoms with Crippen LogP contribution in [-0.4, -0.2) is 57.2 Å². The van der Waals surface area contributed by atoms with Gasteiger partial charge in [0, 0.05) is 22.0 Å². The van der Waals surface area contributed by atoms with Gasteiger partial charge in [-0.3, -0.25) is 9.59 Å². The number of sulfone groups is 1. The SMILES string of the molecule is COC(=O)C12CCC(C(=O)N3CCC4(S(=O)(=O)c5ccc(Br)cc5)c5ccc(C(F)(C(F)(F)F)C(F)(F)F)cc5CCC34)(CC1)CC2. The third kappa shape index (κ3) is 4.71. The lowest BCUT2D eigenvalue weighted by atomic mass is 9.53. The van der Waals surface area contributed by atoms with Crippen molar-refractivity contribution in [1.82, 2.24) is 4.90 Å². The number of aryl methyl sites for hydroxylation is 1. The molecule has 2 aromatic carbocycles. The van der Waals surface area contributed by atoms with Crippen LogP contribution in [0.5, 0.6) is 0 Å². The van der Waals surface area contributed by atoms with Gasteiger partial charge in [0.1, 0.15) is 4.75 Å². The van der Waals surface area contributed by atoms with Crippen LogP contribution in [0.2, 0.25) is 0 Å². The smallest absolute Gasteiger partial charge is 0.435 e. The summed E-state index contributed by atoms with van der Waals surface area (Å²) in [6, 6.07) is 6.36. The Morgan fingerprint density at radius 1 is 0.851 bits per heavy atom. The highest BCUT2D eigenvalue weighted by molar-refractivity contribution is 9.10. The van der Waals surface area contributed by atoms with E-state index in [4.69, 9.17) is 4.74 Å². The van der Waals surface area contributed by atoms with Crippen LogP contribution in [0.25, 0.3) is 0 Å². The van der Waals surface area contributed by atoms with Crippen LogP contribution in [-0.2, 0) is 41.0 Å². The van der Waals surface area contributed by atoms with Crippen molar-refractivity contribution in [2.75, 3.05) is 13.7 Å². The molecule has 2 bridgehead atoms. The lowest BCUT2D eigenvalue weighted by Crippen LogP contribution is -2.58. The molecule has 5 aliphatic rings. The molecule has 256 valence electrons. The van der Waals surface area contributed by atoms with E-state index in [1.165, 1.54) is 36.3 Å². The van der Waals surface area contributed by atoms with Gasteiger partial charge in [-0.15, -0.1) is 0 Å². The van der Waals surface area contributed by atoms with Crippen molar-refractivity contribution in [3.8, 4) is 0 Å². The molecule has 1 aliphatic heterocycles. The molecule has 0 radical (unpaired) electrons. The van der Waals surface area contributed by atoms with Crippen molar-refractivity contribution in [2.24, 2.45) is 10.8 Å². The van der Waals surface area contributed by atoms with E-state index in [1.807, 2.05) is 0 Å². The quantitative estimate of drug-likeness (QED) is 0.234. The summed E-state index contributed by atoms with van der Waals surface area (Å²) >= 11 is 3.26. The molecule has 15 heteroatoms. The number of likely N-dealkylation sites (tertiary alicyclic amines) is 1. The highest BCUT2D eigenvalue weighted by Gasteiger charge is 2.74. The Balaban J connectivity index is 1.45. The number of methoxy groups -OCH3 is 1. The molecule has 6 nitrogen and oxygen atoms in total. The molecule has 1 heterocycles. The first-order chi connectivity index (χ1) is 21.8. The van der Waals surface area contributed by atoms with Crippen LogP contribution < -0.4 is 0 Å². The van der Waals surface area contributed by atoms with Crippen molar-refractivity contribution in [3.63, 3.8) is 0 Å². The first-order valence-electron chi connectivity index (χ1n) is 15.2. The molecular weight excluding hydrogens is 723 g/mol. The number of esters is 1. The summed E-state index contributed by atoms with van der Waals surface area (Å²) in [5.41, 5.74) is -9.07. The number of ether oxygens (including phenoxy) is 1. The molecule has 3 saturated carbocycles. The van der Waals surface area contributed by atoms with Gasteiger partial charge in [-0.25, -0.2) is 12.8 Å². The molecule has 0 N–H and O–H groups in total. The Bertz CT molecular complexity index is 1690. The minimum absolute atomic E-state index is 0.0253. The number of hydrogen-bond donors (Lipinski definition) is 0. The minimum atomic E-state index is -6.33. The Kier molecular flexibility index (Phi) is 7.94. The fourth-order valence-corrected chi connectivity index (χ4v) is 11.3. The van der Waals surface area contributed by atoms with Gasteiger partial charge in [-0.05, 0) is 93.2 Å². The highest BCUT2D eigenvalue weighted by atomic mass is 79.9. The standard InChI is InChI=1S/C32H31BrF7NO5S/c1-46-26(43)28-13-10-27(11-14-28,12-15-28)25(42)41-17-16-29(47(44,45)22-6-4-21(33)5-7-22)23-8-3-20(18-19(23)2-9-24(29)41)30(34,31(35,36)37)32(38,39)40/h3-8,18,24H,2,9-17H2,1H3. The van der Waals surface area contributed by atoms with Gasteiger partial charge >= 0.3 is 24.0 Å². The van der Waals surface area contributed by atoms with Crippen molar-refractivity contribution >= 4 is 37.6 Å². The maximum absolute atomic E-state index is 15.1. The zero-order valence-corrected chi connectivity index (χ0v) is 27.5. The van der Waals surface area contributed by atoms with Gasteiger partial charge in [0.05, 0.1) is 23.5 Å². The van der Waals surface area contributed by atoms with E-state index in [2.05, 4.69) is 15.9 Å². The van der Waals surface area contributed by atoms with Gasteiger partial charge in [-0.2, -0.15) is 26.3 Å². The number of benzene rings is 2. The fraction of sp³-hybridized carbons (Fsp3) is 0.562. The monoisotopic (exact) mass is 753 g/mol. The Hall–Kier alpha value is -2.68. The van der Waals surface area contributed by atoms with Crippen LogP contribution in [0.15, 0.2) is 51.8 Å². The predicted octanol–water partition coefficient (Wildman–Crippen LogP) is 7.47. The average Bonchev–Trinajstić information content (AvgIpc) is 3.45. The van der Waals surface area contributed by atoms with E-state index in [0.717, 1.165) is 6.07 Å². The topological polar surface area (TPSA) is 80.8 Å². The molecular formula is C32H31BrF7NO5S. The van der Waals surface area contributed by atoms with Crippen LogP contribution in [0.3, 0.4) is 0 Å². The summed E-state index contributed by atoms with van der Waals surface area (Å²) in [6.45, 7) is -0.0253. The maximum atomic E-state index is 15.1. The highest BCUT2D eigenvalue weighted by Crippen LogP contribution is 2.61. The van der Waals surface area contributed by atoms with E-state index >= 15 is 4.39 Å². The molecule has 1 saturated heterocycles. The number of halogens is 8. The Labute approximate surface area is 275 Å². The normalized spacial score (nSPS) is 29.3. The third-order valence-corrected chi connectivity index (χ3v) is 14.3. The summed E-state index contributed by atoms with van der Waals surface area (Å²) in [5.74, 6) is -0.596. The molecule has 2 unspecified atom stereocenters. The summed E-state index contributed by atoms with van der Waals surface area (Å²) in [7, 11) is -3.13. The van der Waals surface area contributed by atoms with Gasteiger partial charge in [0.2, 0.25) is 5.91 Å². The second-order valence-corrected chi connectivity index (χ2v) is 16.4. The number of nitrogens with zero attached hydrogens (tertiary/aromatic N) is 1. The minimum Gasteiger partial charge on any atom is -0.469 e. The molecule has 1 amide bonds. The van der Waals surface area contributed by atoms with Gasteiger partial charge in [-0.1, -0.05) is 34.1 Å². The number of carbonyl (C=O) groups excluding carboxylic acids is 2. The second kappa shape index (κ2) is 10.9. The van der Waals surface area contributed by atoms with E-state index < -0.39 is 55.0 Å². The van der Waals surface area contributed by atoms with Gasteiger partial charge in [0.15, 0.2) is 9.84 Å². The Morgan fingerprint density at radius 2 is 1.40 bits per heavy atom. The summed E-state index contributed by atoms with van der Waals surface area (Å²) in [5, 5.41) is 0. The van der Waals surface area contributed by atoms with Gasteiger partial charge in [0.25, 0.3) is 0 Å². The molecule has 4 fully saturated rings. The van der Waals surface area contributed by atoms with E-state index in [9.17, 15) is 44.3 Å². The number of amides is 1. The van der Waals surface area contributed by atoms with Crippen LogP contribution >= 0.6 is 15.9 Å². The molecule has 4 aliphatic carbocycles. The van der Waals surface area contributed by atoms with Crippen molar-refractivity contribution in [1.29, 1.82) is 0 Å². The number of fused-ring (bicyclic) bond motifs is 6. The lowest BCUT2D eigenvalue weighted by molar-refractivity contribution is -0.348. The van der Waals surface area contributed by atoms with Crippen molar-refractivity contribution < 1.29 is 53.5 Å². The van der Waals surface area contributed by atoms with Gasteiger partial charge < -0.3 is 9.64 Å². The number of rotatable bonds is 5. The largest absolute Gasteiger partial charge is 0.469 e. The first kappa shape index (κ1) is 34.2. The Morgan fingerprint density at radius 3 is 1.94 bits per heavy atom. The summed E-state index contributed by atoms with van der Waals surface area (Å²) in [6.07, 6.45) is -10.6. The first-order valence-corrected chi connectivity index (χ1v) is 17.4. The summed E-state index contributed by atoms with van der Waals surface area (Å²) < 4.78 is 130. The van der Waals surface area contributed by atoms with Crippen molar-refractivity contribution in [2.45, 2.75) is 91.5 Å². The maximum Gasteiger partial charge on any atom is 0.435 e. The molecule has 0 spiro atoms. The molecule has 0 aromatic heterocycles. The summed E-state index contributed by atoms with van der Waals surface area (Å²) in [4.78, 5) is 28.4.